The molecule has 1 aliphatic heterocycles. The number of imidazole rings is 1. The summed E-state index contributed by atoms with van der Waals surface area (Å²) in [5, 5.41) is 24.8. The molecule has 0 spiro atoms. The maximum absolute atomic E-state index is 12.6. The summed E-state index contributed by atoms with van der Waals surface area (Å²) in [6, 6.07) is 20.2. The summed E-state index contributed by atoms with van der Waals surface area (Å²) in [6.07, 6.45) is -1.41. The van der Waals surface area contributed by atoms with Crippen LogP contribution in [0.25, 0.3) is 11.2 Å². The highest BCUT2D eigenvalue weighted by Crippen LogP contribution is 2.33. The molecular formula is C30H38N6O6S. The van der Waals surface area contributed by atoms with E-state index in [9.17, 15) is 18.6 Å². The first-order chi connectivity index (χ1) is 20.8. The molecule has 0 radical (unpaired) electrons. The fourth-order valence-corrected chi connectivity index (χ4v) is 6.35. The molecule has 13 heteroatoms. The Morgan fingerprint density at radius 1 is 1.02 bits per heavy atom. The SMILES string of the molecule is CCCCS(=O)(=O)NCc1nc(NCC(c2ccccc2)c2ccccc2)c2ncn(C3OC(COC)C(O)C3O)c2n1. The predicted octanol–water partition coefficient (Wildman–Crippen LogP) is 2.56. The summed E-state index contributed by atoms with van der Waals surface area (Å²) < 4.78 is 40.3. The summed E-state index contributed by atoms with van der Waals surface area (Å²) in [4.78, 5) is 13.8. The second-order valence-corrected chi connectivity index (χ2v) is 12.5. The van der Waals surface area contributed by atoms with Crippen LogP contribution in [0.1, 0.15) is 48.9 Å². The first-order valence-electron chi connectivity index (χ1n) is 14.4. The van der Waals surface area contributed by atoms with E-state index in [4.69, 9.17) is 9.47 Å². The topological polar surface area (TPSA) is 161 Å². The Hall–Kier alpha value is -3.46. The normalized spacial score (nSPS) is 20.7. The first-order valence-corrected chi connectivity index (χ1v) is 16.0. The lowest BCUT2D eigenvalue weighted by Crippen LogP contribution is -2.33. The number of anilines is 1. The number of aliphatic hydroxyl groups is 2. The number of hydrogen-bond donors (Lipinski definition) is 4. The highest BCUT2D eigenvalue weighted by Gasteiger charge is 2.44. The summed E-state index contributed by atoms with van der Waals surface area (Å²) in [5.41, 5.74) is 2.96. The molecule has 12 nitrogen and oxygen atoms in total. The molecule has 4 N–H and O–H groups in total. The van der Waals surface area contributed by atoms with E-state index in [1.807, 2.05) is 43.3 Å². The number of ether oxygens (including phenoxy) is 2. The molecular weight excluding hydrogens is 572 g/mol. The van der Waals surface area contributed by atoms with Crippen LogP contribution in [-0.2, 0) is 26.0 Å². The molecule has 1 fully saturated rings. The van der Waals surface area contributed by atoms with Gasteiger partial charge in [0, 0.05) is 19.6 Å². The highest BCUT2D eigenvalue weighted by atomic mass is 32.2. The van der Waals surface area contributed by atoms with E-state index in [1.165, 1.54) is 18.0 Å². The van der Waals surface area contributed by atoms with Crippen molar-refractivity contribution in [1.29, 1.82) is 0 Å². The zero-order chi connectivity index (χ0) is 30.4. The molecule has 0 amide bonds. The van der Waals surface area contributed by atoms with E-state index in [1.54, 1.807) is 0 Å². The van der Waals surface area contributed by atoms with Gasteiger partial charge in [0.15, 0.2) is 23.2 Å². The average Bonchev–Trinajstić information content (AvgIpc) is 3.57. The van der Waals surface area contributed by atoms with Crippen molar-refractivity contribution in [2.45, 2.75) is 56.8 Å². The molecule has 0 bridgehead atoms. The van der Waals surface area contributed by atoms with Gasteiger partial charge in [-0.25, -0.2) is 28.1 Å². The van der Waals surface area contributed by atoms with Crippen LogP contribution >= 0.6 is 0 Å². The van der Waals surface area contributed by atoms with E-state index in [-0.39, 0.29) is 30.6 Å². The number of fused-ring (bicyclic) bond motifs is 1. The number of hydrogen-bond acceptors (Lipinski definition) is 10. The van der Waals surface area contributed by atoms with E-state index < -0.39 is 34.6 Å². The molecule has 43 heavy (non-hydrogen) atoms. The molecule has 4 unspecified atom stereocenters. The lowest BCUT2D eigenvalue weighted by atomic mass is 9.91. The number of nitrogens with zero attached hydrogens (tertiary/aromatic N) is 4. The van der Waals surface area contributed by atoms with Gasteiger partial charge in [-0.3, -0.25) is 4.57 Å². The summed E-state index contributed by atoms with van der Waals surface area (Å²) >= 11 is 0. The lowest BCUT2D eigenvalue weighted by Gasteiger charge is -2.20. The summed E-state index contributed by atoms with van der Waals surface area (Å²) in [6.45, 7) is 2.35. The molecule has 1 aliphatic rings. The Bertz CT molecular complexity index is 1550. The van der Waals surface area contributed by atoms with Gasteiger partial charge in [-0.15, -0.1) is 0 Å². The molecule has 3 heterocycles. The van der Waals surface area contributed by atoms with Gasteiger partial charge in [0.1, 0.15) is 24.1 Å². The van der Waals surface area contributed by atoms with Gasteiger partial charge in [0.25, 0.3) is 0 Å². The van der Waals surface area contributed by atoms with Crippen LogP contribution in [0.4, 0.5) is 5.82 Å². The van der Waals surface area contributed by atoms with Gasteiger partial charge in [-0.1, -0.05) is 74.0 Å². The molecule has 4 aromatic rings. The number of aromatic nitrogens is 4. The van der Waals surface area contributed by atoms with Gasteiger partial charge >= 0.3 is 0 Å². The van der Waals surface area contributed by atoms with Gasteiger partial charge in [0.2, 0.25) is 10.0 Å². The molecule has 0 aliphatic carbocycles. The van der Waals surface area contributed by atoms with E-state index in [2.05, 4.69) is 49.3 Å². The monoisotopic (exact) mass is 610 g/mol. The third kappa shape index (κ3) is 7.20. The second kappa shape index (κ2) is 13.9. The minimum atomic E-state index is -3.53. The molecule has 0 saturated carbocycles. The van der Waals surface area contributed by atoms with Gasteiger partial charge < -0.3 is 25.0 Å². The third-order valence-corrected chi connectivity index (χ3v) is 8.91. The van der Waals surface area contributed by atoms with Crippen LogP contribution in [-0.4, -0.2) is 82.5 Å². The number of rotatable bonds is 14. The Labute approximate surface area is 251 Å². The fourth-order valence-electron chi connectivity index (χ4n) is 5.19. The number of benzene rings is 2. The maximum atomic E-state index is 12.6. The van der Waals surface area contributed by atoms with Gasteiger partial charge in [-0.05, 0) is 17.5 Å². The zero-order valence-electron chi connectivity index (χ0n) is 24.2. The Kier molecular flexibility index (Phi) is 10.0. The summed E-state index contributed by atoms with van der Waals surface area (Å²) in [5.74, 6) is 0.612. The van der Waals surface area contributed by atoms with Crippen LogP contribution in [0.2, 0.25) is 0 Å². The van der Waals surface area contributed by atoms with Crippen molar-refractivity contribution in [3.05, 3.63) is 83.9 Å². The number of nitrogens with one attached hydrogen (secondary N) is 2. The van der Waals surface area contributed by atoms with Crippen LogP contribution in [0, 0.1) is 0 Å². The average molecular weight is 611 g/mol. The Balaban J connectivity index is 1.50. The van der Waals surface area contributed by atoms with Crippen LogP contribution < -0.4 is 10.0 Å². The second-order valence-electron chi connectivity index (χ2n) is 10.6. The molecule has 2 aromatic heterocycles. The Morgan fingerprint density at radius 3 is 2.33 bits per heavy atom. The van der Waals surface area contributed by atoms with Gasteiger partial charge in [-0.2, -0.15) is 0 Å². The van der Waals surface area contributed by atoms with Crippen molar-refractivity contribution < 1.29 is 28.1 Å². The Morgan fingerprint density at radius 2 is 1.70 bits per heavy atom. The van der Waals surface area contributed by atoms with Crippen LogP contribution in [0.15, 0.2) is 67.0 Å². The lowest BCUT2D eigenvalue weighted by molar-refractivity contribution is -0.0580. The van der Waals surface area contributed by atoms with Crippen molar-refractivity contribution in [1.82, 2.24) is 24.2 Å². The third-order valence-electron chi connectivity index (χ3n) is 7.50. The van der Waals surface area contributed by atoms with Crippen molar-refractivity contribution in [2.24, 2.45) is 0 Å². The molecule has 5 rings (SSSR count). The van der Waals surface area contributed by atoms with E-state index in [0.29, 0.717) is 29.9 Å². The molecule has 4 atom stereocenters. The first kappa shape index (κ1) is 31.0. The van der Waals surface area contributed by atoms with E-state index >= 15 is 0 Å². The highest BCUT2D eigenvalue weighted by molar-refractivity contribution is 7.89. The largest absolute Gasteiger partial charge is 0.387 e. The molecule has 230 valence electrons. The van der Waals surface area contributed by atoms with Crippen molar-refractivity contribution in [2.75, 3.05) is 31.3 Å². The number of sulfonamides is 1. The zero-order valence-corrected chi connectivity index (χ0v) is 25.0. The van der Waals surface area contributed by atoms with Crippen LogP contribution in [0.5, 0.6) is 0 Å². The minimum Gasteiger partial charge on any atom is -0.387 e. The predicted molar refractivity (Wildman–Crippen MR) is 162 cm³/mol. The van der Waals surface area contributed by atoms with Crippen LogP contribution in [0.3, 0.4) is 0 Å². The number of methoxy groups -OCH3 is 1. The van der Waals surface area contributed by atoms with E-state index in [0.717, 1.165) is 17.5 Å². The summed E-state index contributed by atoms with van der Waals surface area (Å²) in [7, 11) is -2.05. The molecule has 2 aromatic carbocycles. The maximum Gasteiger partial charge on any atom is 0.212 e. The number of aliphatic hydroxyl groups excluding tert-OH is 2. The van der Waals surface area contributed by atoms with Crippen molar-refractivity contribution >= 4 is 27.0 Å². The number of unbranched alkanes of at least 4 members (excludes halogenated alkanes) is 1. The molecule has 1 saturated heterocycles. The van der Waals surface area contributed by atoms with Crippen molar-refractivity contribution in [3.63, 3.8) is 0 Å². The van der Waals surface area contributed by atoms with Crippen molar-refractivity contribution in [3.8, 4) is 0 Å². The standard InChI is InChI=1S/C30H38N6O6S/c1-3-4-15-43(39,40)33-17-24-34-28(31-16-22(20-11-7-5-8-12-20)21-13-9-6-10-14-21)25-29(35-24)36(19-32-25)30-27(38)26(37)23(42-30)18-41-2/h5-14,19,22-23,26-27,30,33,37-38H,3-4,15-18H2,1-2H3,(H,31,34,35). The van der Waals surface area contributed by atoms with Gasteiger partial charge in [0.05, 0.1) is 25.2 Å². The minimum absolute atomic E-state index is 0.00545. The smallest absolute Gasteiger partial charge is 0.212 e. The fraction of sp³-hybridized carbons (Fsp3) is 0.433. The quantitative estimate of drug-likeness (QED) is 0.167.